The standard InChI is InChI=1S/C14H12F4N4O2/c15-10-3-1-8(2-4-10)11-20-21-12(24-11)19-13(23)22-6-5-9(7-22)14(16,17)18/h1-4,9H,5-7H2,(H,19,21,23). The third kappa shape index (κ3) is 3.47. The Kier molecular flexibility index (Phi) is 4.12. The molecule has 6 nitrogen and oxygen atoms in total. The van der Waals surface area contributed by atoms with Crippen LogP contribution in [0.4, 0.5) is 28.4 Å². The van der Waals surface area contributed by atoms with Gasteiger partial charge in [0, 0.05) is 18.7 Å². The molecule has 0 radical (unpaired) electrons. The minimum Gasteiger partial charge on any atom is -0.403 e. The lowest BCUT2D eigenvalue weighted by Crippen LogP contribution is -2.35. The minimum atomic E-state index is -4.32. The van der Waals surface area contributed by atoms with Crippen molar-refractivity contribution in [1.82, 2.24) is 15.1 Å². The summed E-state index contributed by atoms with van der Waals surface area (Å²) in [7, 11) is 0. The number of carbonyl (C=O) groups is 1. The number of hydrogen-bond donors (Lipinski definition) is 1. The van der Waals surface area contributed by atoms with E-state index in [9.17, 15) is 22.4 Å². The summed E-state index contributed by atoms with van der Waals surface area (Å²) in [6, 6.07) is 4.27. The highest BCUT2D eigenvalue weighted by molar-refractivity contribution is 5.87. The van der Waals surface area contributed by atoms with Crippen molar-refractivity contribution in [2.45, 2.75) is 12.6 Å². The van der Waals surface area contributed by atoms with E-state index in [0.29, 0.717) is 5.56 Å². The van der Waals surface area contributed by atoms with E-state index in [1.54, 1.807) is 0 Å². The van der Waals surface area contributed by atoms with E-state index in [2.05, 4.69) is 15.5 Å². The molecule has 0 bridgehead atoms. The van der Waals surface area contributed by atoms with Gasteiger partial charge in [-0.3, -0.25) is 5.32 Å². The monoisotopic (exact) mass is 344 g/mol. The van der Waals surface area contributed by atoms with Crippen LogP contribution in [0.15, 0.2) is 28.7 Å². The van der Waals surface area contributed by atoms with Crippen LogP contribution in [0.2, 0.25) is 0 Å². The molecule has 2 amide bonds. The molecule has 0 aliphatic carbocycles. The Morgan fingerprint density at radius 2 is 1.96 bits per heavy atom. The first-order valence-electron chi connectivity index (χ1n) is 7.05. The lowest BCUT2D eigenvalue weighted by molar-refractivity contribution is -0.169. The first kappa shape index (κ1) is 16.2. The molecule has 1 unspecified atom stereocenters. The van der Waals surface area contributed by atoms with E-state index < -0.39 is 30.5 Å². The molecular weight excluding hydrogens is 332 g/mol. The zero-order chi connectivity index (χ0) is 17.3. The van der Waals surface area contributed by atoms with E-state index in [4.69, 9.17) is 4.42 Å². The molecule has 1 atom stereocenters. The Morgan fingerprint density at radius 3 is 2.58 bits per heavy atom. The zero-order valence-corrected chi connectivity index (χ0v) is 12.2. The van der Waals surface area contributed by atoms with E-state index in [1.807, 2.05) is 0 Å². The molecule has 0 spiro atoms. The molecule has 1 aliphatic rings. The largest absolute Gasteiger partial charge is 0.403 e. The van der Waals surface area contributed by atoms with Crippen molar-refractivity contribution in [3.63, 3.8) is 0 Å². The van der Waals surface area contributed by atoms with Crippen LogP contribution in [0.3, 0.4) is 0 Å². The number of amides is 2. The van der Waals surface area contributed by atoms with Gasteiger partial charge in [-0.15, -0.1) is 5.10 Å². The van der Waals surface area contributed by atoms with Crippen LogP contribution in [-0.4, -0.2) is 40.4 Å². The van der Waals surface area contributed by atoms with Crippen LogP contribution >= 0.6 is 0 Å². The molecule has 2 aromatic rings. The van der Waals surface area contributed by atoms with Crippen LogP contribution in [-0.2, 0) is 0 Å². The number of alkyl halides is 3. The maximum absolute atomic E-state index is 12.9. The van der Waals surface area contributed by atoms with Gasteiger partial charge in [0.1, 0.15) is 5.82 Å². The third-order valence-electron chi connectivity index (χ3n) is 3.67. The summed E-state index contributed by atoms with van der Waals surface area (Å²) in [5.41, 5.74) is 0.447. The predicted molar refractivity (Wildman–Crippen MR) is 74.4 cm³/mol. The van der Waals surface area contributed by atoms with Gasteiger partial charge in [0.05, 0.1) is 5.92 Å². The Labute approximate surface area is 133 Å². The van der Waals surface area contributed by atoms with Gasteiger partial charge in [-0.05, 0) is 30.7 Å². The van der Waals surface area contributed by atoms with Crippen molar-refractivity contribution in [1.29, 1.82) is 0 Å². The molecule has 1 aromatic carbocycles. The van der Waals surface area contributed by atoms with Crippen LogP contribution in [0.25, 0.3) is 11.5 Å². The van der Waals surface area contributed by atoms with Crippen molar-refractivity contribution in [3.05, 3.63) is 30.1 Å². The van der Waals surface area contributed by atoms with Gasteiger partial charge in [-0.1, -0.05) is 5.10 Å². The van der Waals surface area contributed by atoms with Crippen LogP contribution < -0.4 is 5.32 Å². The zero-order valence-electron chi connectivity index (χ0n) is 12.2. The average Bonchev–Trinajstić information content (AvgIpc) is 3.16. The SMILES string of the molecule is O=C(Nc1nnc(-c2ccc(F)cc2)o1)N1CCC(C(F)(F)F)C1. The van der Waals surface area contributed by atoms with Gasteiger partial charge in [-0.2, -0.15) is 13.2 Å². The molecule has 3 rings (SSSR count). The van der Waals surface area contributed by atoms with Gasteiger partial charge >= 0.3 is 18.2 Å². The Morgan fingerprint density at radius 1 is 1.25 bits per heavy atom. The number of likely N-dealkylation sites (tertiary alicyclic amines) is 1. The Balaban J connectivity index is 1.63. The van der Waals surface area contributed by atoms with E-state index in [-0.39, 0.29) is 24.9 Å². The highest BCUT2D eigenvalue weighted by atomic mass is 19.4. The molecule has 1 fully saturated rings. The van der Waals surface area contributed by atoms with Crippen molar-refractivity contribution < 1.29 is 26.8 Å². The first-order chi connectivity index (χ1) is 11.3. The smallest absolute Gasteiger partial charge is 0.393 e. The number of urea groups is 1. The highest BCUT2D eigenvalue weighted by Gasteiger charge is 2.44. The van der Waals surface area contributed by atoms with Crippen LogP contribution in [0.5, 0.6) is 0 Å². The summed E-state index contributed by atoms with van der Waals surface area (Å²) in [5, 5.41) is 9.56. The molecule has 10 heteroatoms. The summed E-state index contributed by atoms with van der Waals surface area (Å²) in [6.45, 7) is -0.413. The van der Waals surface area contributed by atoms with Gasteiger partial charge in [0.15, 0.2) is 0 Å². The van der Waals surface area contributed by atoms with Crippen molar-refractivity contribution in [3.8, 4) is 11.5 Å². The van der Waals surface area contributed by atoms with Gasteiger partial charge < -0.3 is 9.32 Å². The summed E-state index contributed by atoms with van der Waals surface area (Å²) >= 11 is 0. The molecule has 2 heterocycles. The molecule has 128 valence electrons. The molecule has 24 heavy (non-hydrogen) atoms. The number of benzene rings is 1. The van der Waals surface area contributed by atoms with Crippen LogP contribution in [0, 0.1) is 11.7 Å². The first-order valence-corrected chi connectivity index (χ1v) is 7.05. The molecule has 1 aromatic heterocycles. The third-order valence-corrected chi connectivity index (χ3v) is 3.67. The fourth-order valence-corrected chi connectivity index (χ4v) is 2.37. The lowest BCUT2D eigenvalue weighted by atomic mass is 10.1. The maximum Gasteiger partial charge on any atom is 0.393 e. The van der Waals surface area contributed by atoms with E-state index in [1.165, 1.54) is 24.3 Å². The number of anilines is 1. The second kappa shape index (κ2) is 6.10. The molecule has 1 saturated heterocycles. The summed E-state index contributed by atoms with van der Waals surface area (Å²) in [5.74, 6) is -1.90. The molecule has 1 aliphatic heterocycles. The van der Waals surface area contributed by atoms with Gasteiger partial charge in [0.25, 0.3) is 0 Å². The molecule has 1 N–H and O–H groups in total. The van der Waals surface area contributed by atoms with Gasteiger partial charge in [-0.25, -0.2) is 9.18 Å². The molecular formula is C14H12F4N4O2. The van der Waals surface area contributed by atoms with Crippen molar-refractivity contribution in [2.75, 3.05) is 18.4 Å². The number of carbonyl (C=O) groups excluding carboxylic acids is 1. The Hall–Kier alpha value is -2.65. The molecule has 0 saturated carbocycles. The van der Waals surface area contributed by atoms with Crippen LogP contribution in [0.1, 0.15) is 6.42 Å². The van der Waals surface area contributed by atoms with Crippen molar-refractivity contribution in [2.24, 2.45) is 5.92 Å². The van der Waals surface area contributed by atoms with Gasteiger partial charge in [0.2, 0.25) is 5.89 Å². The normalized spacial score (nSPS) is 18.0. The number of nitrogens with zero attached hydrogens (tertiary/aromatic N) is 3. The number of hydrogen-bond acceptors (Lipinski definition) is 4. The number of halogens is 4. The fourth-order valence-electron chi connectivity index (χ4n) is 2.37. The minimum absolute atomic E-state index is 0.00499. The number of rotatable bonds is 2. The number of aromatic nitrogens is 2. The quantitative estimate of drug-likeness (QED) is 0.849. The second-order valence-electron chi connectivity index (χ2n) is 5.32. The second-order valence-corrected chi connectivity index (χ2v) is 5.32. The predicted octanol–water partition coefficient (Wildman–Crippen LogP) is 3.29. The fraction of sp³-hybridized carbons (Fsp3) is 0.357. The highest BCUT2D eigenvalue weighted by Crippen LogP contribution is 2.33. The number of nitrogens with one attached hydrogen (secondary N) is 1. The summed E-state index contributed by atoms with van der Waals surface area (Å²) in [4.78, 5) is 13.0. The topological polar surface area (TPSA) is 71.3 Å². The lowest BCUT2D eigenvalue weighted by Gasteiger charge is -2.17. The summed E-state index contributed by atoms with van der Waals surface area (Å²) in [6.07, 6.45) is -4.46. The van der Waals surface area contributed by atoms with E-state index in [0.717, 1.165) is 4.90 Å². The summed E-state index contributed by atoms with van der Waals surface area (Å²) < 4.78 is 55.9. The van der Waals surface area contributed by atoms with Crippen molar-refractivity contribution >= 4 is 12.0 Å². The van der Waals surface area contributed by atoms with E-state index >= 15 is 0 Å². The maximum atomic E-state index is 12.9. The average molecular weight is 344 g/mol. The Bertz CT molecular complexity index is 729.